The maximum absolute atomic E-state index is 13.3. The Kier molecular flexibility index (Phi) is 41.4. The van der Waals surface area contributed by atoms with Crippen LogP contribution in [-0.2, 0) is 0 Å². The lowest BCUT2D eigenvalue weighted by molar-refractivity contribution is 0.0724. The zero-order chi connectivity index (χ0) is 72.7. The van der Waals surface area contributed by atoms with Crippen LogP contribution in [0.2, 0.25) is 0 Å². The van der Waals surface area contributed by atoms with Gasteiger partial charge in [0.1, 0.15) is 86.6 Å². The lowest BCUT2D eigenvalue weighted by atomic mass is 10.2. The number of hydrogen-bond donors (Lipinski definition) is 0. The van der Waals surface area contributed by atoms with Crippen LogP contribution in [0.5, 0.6) is 57.5 Å². The van der Waals surface area contributed by atoms with Crippen LogP contribution in [0.25, 0.3) is 0 Å². The van der Waals surface area contributed by atoms with E-state index in [1.807, 2.05) is 34.6 Å². The van der Waals surface area contributed by atoms with Crippen LogP contribution in [0.3, 0.4) is 0 Å². The van der Waals surface area contributed by atoms with E-state index in [1.165, 1.54) is 60.7 Å². The quantitative estimate of drug-likeness (QED) is 0.0399. The summed E-state index contributed by atoms with van der Waals surface area (Å²) in [5.41, 5.74) is 1.79. The van der Waals surface area contributed by atoms with Gasteiger partial charge in [0.15, 0.2) is 0 Å². The Morgan fingerprint density at radius 1 is 0.229 bits per heavy atom. The molecule has 0 atom stereocenters. The summed E-state index contributed by atoms with van der Waals surface area (Å²) < 4.78 is 118. The first-order chi connectivity index (χ1) is 48.0. The number of rotatable bonds is 20. The van der Waals surface area contributed by atoms with Gasteiger partial charge in [-0.25, -0.2) is 45.9 Å². The number of ether oxygens (including phenoxy) is 10. The molecule has 0 spiro atoms. The Bertz CT molecular complexity index is 3720. The molecule has 10 aromatic carbocycles. The van der Waals surface area contributed by atoms with Crippen molar-refractivity contribution < 1.29 is 117 Å². The second-order valence-corrected chi connectivity index (χ2v) is 21.9. The van der Waals surface area contributed by atoms with Gasteiger partial charge >= 0.3 is 29.8 Å². The summed E-state index contributed by atoms with van der Waals surface area (Å²) in [6.45, 7) is 12.1. The van der Waals surface area contributed by atoms with E-state index in [9.17, 15) is 45.9 Å². The van der Waals surface area contributed by atoms with Crippen molar-refractivity contribution in [1.82, 2.24) is 0 Å². The minimum Gasteiger partial charge on any atom is -0.494 e. The molecule has 0 aliphatic rings. The summed E-state index contributed by atoms with van der Waals surface area (Å²) in [4.78, 5) is 59.8. The van der Waals surface area contributed by atoms with Crippen LogP contribution in [0.1, 0.15) is 86.4 Å². The SMILES string of the molecule is CCOc1ccc(C(=O)Oc2ccc([S])c(F)c2)cc1.CCOc1ccc(C(=O)Oc2ccc([S])c(F)c2)cc1.CCOc1ccc(C(=O)Oc2ccc([S])c(F)c2)cc1.CCOc1ccc(C(=O)Oc2ccc([S])c(F)c2)cc1.CCOc1ccc(C(=O)Oc2ccc([S])c(F)c2)cc1.F.F.F.F.F. The molecule has 0 saturated carbocycles. The molecule has 0 unspecified atom stereocenters. The Hall–Kier alpha value is -11.1. The van der Waals surface area contributed by atoms with E-state index in [4.69, 9.17) is 111 Å². The fourth-order valence-electron chi connectivity index (χ4n) is 7.82. The Labute approximate surface area is 625 Å². The molecule has 10 aromatic rings. The summed E-state index contributed by atoms with van der Waals surface area (Å²) in [7, 11) is 0. The molecule has 0 heterocycles. The van der Waals surface area contributed by atoms with E-state index < -0.39 is 58.9 Å². The van der Waals surface area contributed by atoms with Gasteiger partial charge < -0.3 is 47.4 Å². The molecule has 0 N–H and O–H groups in total. The van der Waals surface area contributed by atoms with Gasteiger partial charge in [0.2, 0.25) is 0 Å². The van der Waals surface area contributed by atoms with Crippen LogP contribution in [0.15, 0.2) is 237 Å². The smallest absolute Gasteiger partial charge is 0.343 e. The first-order valence-electron chi connectivity index (χ1n) is 30.1. The van der Waals surface area contributed by atoms with E-state index in [1.54, 1.807) is 121 Å². The van der Waals surface area contributed by atoms with E-state index in [0.717, 1.165) is 30.3 Å². The Morgan fingerprint density at radius 3 is 0.467 bits per heavy atom. The average Bonchev–Trinajstić information content (AvgIpc) is 0.875. The third-order valence-electron chi connectivity index (χ3n) is 12.6. The molecular formula is C75H65F10O15S5. The van der Waals surface area contributed by atoms with Gasteiger partial charge in [-0.2, -0.15) is 0 Å². The van der Waals surface area contributed by atoms with Crippen molar-refractivity contribution in [2.75, 3.05) is 33.0 Å². The van der Waals surface area contributed by atoms with Crippen molar-refractivity contribution in [1.29, 1.82) is 0 Å². The normalized spacial score (nSPS) is 9.62. The lowest BCUT2D eigenvalue weighted by Crippen LogP contribution is -2.08. The largest absolute Gasteiger partial charge is 0.494 e. The van der Waals surface area contributed by atoms with Gasteiger partial charge in [0.05, 0.1) is 85.3 Å². The van der Waals surface area contributed by atoms with E-state index in [-0.39, 0.29) is 76.7 Å². The second-order valence-electron chi connectivity index (χ2n) is 19.7. The molecular weight excluding hydrogens is 1490 g/mol. The first-order valence-corrected chi connectivity index (χ1v) is 32.1. The molecule has 30 heteroatoms. The number of carbonyl (C=O) groups is 5. The summed E-state index contributed by atoms with van der Waals surface area (Å²) in [6, 6.07) is 52.3. The third kappa shape index (κ3) is 30.4. The maximum atomic E-state index is 13.3. The minimum absolute atomic E-state index is 0. The van der Waals surface area contributed by atoms with E-state index in [0.29, 0.717) is 89.6 Å². The molecule has 10 rings (SSSR count). The number of benzene rings is 10. The maximum Gasteiger partial charge on any atom is 0.343 e. The highest BCUT2D eigenvalue weighted by atomic mass is 32.1. The molecule has 0 aliphatic carbocycles. The Balaban J connectivity index is 0.000000649. The fraction of sp³-hybridized carbons (Fsp3) is 0.133. The van der Waals surface area contributed by atoms with Crippen molar-refractivity contribution in [2.24, 2.45) is 0 Å². The lowest BCUT2D eigenvalue weighted by Gasteiger charge is -2.06. The highest BCUT2D eigenvalue weighted by Gasteiger charge is 2.16. The molecule has 0 aliphatic heterocycles. The van der Waals surface area contributed by atoms with Gasteiger partial charge in [-0.05, 0) is 217 Å². The zero-order valence-corrected chi connectivity index (χ0v) is 59.9. The average molecular weight is 1560 g/mol. The molecule has 0 saturated heterocycles. The number of hydrogen-bond acceptors (Lipinski definition) is 15. The highest BCUT2D eigenvalue weighted by molar-refractivity contribution is 7.81. The van der Waals surface area contributed by atoms with Gasteiger partial charge in [0, 0.05) is 30.3 Å². The fourth-order valence-corrected chi connectivity index (χ4v) is 8.46. The molecule has 0 aromatic heterocycles. The zero-order valence-electron chi connectivity index (χ0n) is 55.8. The summed E-state index contributed by atoms with van der Waals surface area (Å²) in [5.74, 6) is -1.80. The second kappa shape index (κ2) is 47.3. The molecule has 0 bridgehead atoms. The van der Waals surface area contributed by atoms with Gasteiger partial charge in [-0.15, -0.1) is 0 Å². The standard InChI is InChI=1S/5C15H12FO3S.5FH/c5*1-2-18-11-5-3-10(4-6-11)15(17)19-12-7-8-14(20)13(16)9-12;;;;;/h5*3-9H,2H2,1H3;5*1H. The van der Waals surface area contributed by atoms with Crippen molar-refractivity contribution in [2.45, 2.75) is 59.1 Å². The number of esters is 5. The number of halogens is 10. The van der Waals surface area contributed by atoms with Gasteiger partial charge in [-0.3, -0.25) is 23.5 Å². The molecule has 555 valence electrons. The van der Waals surface area contributed by atoms with E-state index in [2.05, 4.69) is 0 Å². The minimum atomic E-state index is -0.586. The van der Waals surface area contributed by atoms with Crippen molar-refractivity contribution in [3.05, 3.63) is 269 Å². The van der Waals surface area contributed by atoms with Crippen LogP contribution in [0, 0.1) is 29.1 Å². The van der Waals surface area contributed by atoms with Gasteiger partial charge in [0.25, 0.3) is 0 Å². The topological polar surface area (TPSA) is 178 Å². The predicted molar refractivity (Wildman–Crippen MR) is 387 cm³/mol. The monoisotopic (exact) mass is 1560 g/mol. The van der Waals surface area contributed by atoms with Crippen LogP contribution < -0.4 is 47.4 Å². The summed E-state index contributed by atoms with van der Waals surface area (Å²) in [6.07, 6.45) is 0. The van der Waals surface area contributed by atoms with Crippen LogP contribution >= 0.6 is 63.1 Å². The van der Waals surface area contributed by atoms with E-state index >= 15 is 0 Å². The molecule has 0 fully saturated rings. The van der Waals surface area contributed by atoms with Gasteiger partial charge in [-0.1, -0.05) is 63.1 Å². The summed E-state index contributed by atoms with van der Waals surface area (Å²) in [5, 5.41) is 0. The summed E-state index contributed by atoms with van der Waals surface area (Å²) >= 11 is 23.6. The van der Waals surface area contributed by atoms with Crippen LogP contribution in [-0.4, -0.2) is 62.9 Å². The van der Waals surface area contributed by atoms with Crippen molar-refractivity contribution in [3.63, 3.8) is 0 Å². The molecule has 0 amide bonds. The molecule has 5 radical (unpaired) electrons. The predicted octanol–water partition coefficient (Wildman–Crippen LogP) is 20.8. The molecule has 105 heavy (non-hydrogen) atoms. The first kappa shape index (κ1) is 92.0. The van der Waals surface area contributed by atoms with Crippen molar-refractivity contribution >= 4 is 93.0 Å². The molecule has 15 nitrogen and oxygen atoms in total. The number of carbonyl (C=O) groups excluding carboxylic acids is 5. The Morgan fingerprint density at radius 2 is 0.352 bits per heavy atom. The van der Waals surface area contributed by atoms with Crippen molar-refractivity contribution in [3.8, 4) is 57.5 Å². The third-order valence-corrected chi connectivity index (χ3v) is 14.2. The van der Waals surface area contributed by atoms with Crippen LogP contribution in [0.4, 0.5) is 45.5 Å². The highest BCUT2D eigenvalue weighted by Crippen LogP contribution is 2.27.